The van der Waals surface area contributed by atoms with Gasteiger partial charge in [-0.1, -0.05) is 38.3 Å². The summed E-state index contributed by atoms with van der Waals surface area (Å²) in [5.74, 6) is 0.423. The van der Waals surface area contributed by atoms with Crippen LogP contribution in [0.5, 0.6) is 0 Å². The molecule has 1 N–H and O–H groups in total. The monoisotopic (exact) mass is 376 g/mol. The lowest BCUT2D eigenvalue weighted by Gasteiger charge is -2.37. The van der Waals surface area contributed by atoms with Crippen LogP contribution in [0, 0.1) is 5.92 Å². The molecule has 2 aliphatic heterocycles. The van der Waals surface area contributed by atoms with E-state index in [0.717, 1.165) is 36.8 Å². The fourth-order valence-electron chi connectivity index (χ4n) is 3.84. The van der Waals surface area contributed by atoms with Crippen LogP contribution in [-0.2, 0) is 14.2 Å². The lowest BCUT2D eigenvalue weighted by molar-refractivity contribution is -0.0580. The van der Waals surface area contributed by atoms with Crippen LogP contribution in [0.15, 0.2) is 49.1 Å². The van der Waals surface area contributed by atoms with Crippen molar-refractivity contribution in [3.05, 3.63) is 49.1 Å². The first-order valence-electron chi connectivity index (χ1n) is 10.1. The van der Waals surface area contributed by atoms with Gasteiger partial charge in [-0.15, -0.1) is 6.58 Å². The van der Waals surface area contributed by atoms with Crippen molar-refractivity contribution in [3.8, 4) is 0 Å². The van der Waals surface area contributed by atoms with Crippen molar-refractivity contribution in [3.63, 3.8) is 0 Å². The summed E-state index contributed by atoms with van der Waals surface area (Å²) < 4.78 is 17.7. The van der Waals surface area contributed by atoms with Gasteiger partial charge in [0.1, 0.15) is 0 Å². The molecule has 2 fully saturated rings. The summed E-state index contributed by atoms with van der Waals surface area (Å²) in [7, 11) is 0. The summed E-state index contributed by atoms with van der Waals surface area (Å²) in [4.78, 5) is 0. The Morgan fingerprint density at radius 2 is 2.00 bits per heavy atom. The number of hydrogen-bond donors (Lipinski definition) is 1. The normalized spacial score (nSPS) is 32.9. The van der Waals surface area contributed by atoms with Crippen LogP contribution in [0.1, 0.15) is 46.0 Å². The first kappa shape index (κ1) is 22.1. The molecule has 4 heteroatoms. The van der Waals surface area contributed by atoms with Crippen LogP contribution in [-0.4, -0.2) is 48.8 Å². The minimum absolute atomic E-state index is 0.0438. The molecule has 0 aromatic heterocycles. The molecule has 0 aliphatic carbocycles. The van der Waals surface area contributed by atoms with E-state index in [1.165, 1.54) is 0 Å². The molecule has 0 aromatic carbocycles. The van der Waals surface area contributed by atoms with Crippen molar-refractivity contribution in [2.24, 2.45) is 5.92 Å². The molecule has 0 aromatic rings. The van der Waals surface area contributed by atoms with Gasteiger partial charge >= 0.3 is 0 Å². The number of hydrogen-bond acceptors (Lipinski definition) is 4. The Morgan fingerprint density at radius 3 is 2.70 bits per heavy atom. The van der Waals surface area contributed by atoms with Crippen molar-refractivity contribution >= 4 is 0 Å². The maximum absolute atomic E-state index is 9.71. The van der Waals surface area contributed by atoms with Gasteiger partial charge in [0.25, 0.3) is 0 Å². The SMILES string of the molecule is C=CCOC/C=C/[C@H]1CC(=C)C(CCC2CC(C)C(=C)[C@@H](CC(C)O)O2)O1. The van der Waals surface area contributed by atoms with Gasteiger partial charge in [0.15, 0.2) is 0 Å². The quantitative estimate of drug-likeness (QED) is 0.455. The minimum atomic E-state index is -0.376. The zero-order valence-corrected chi connectivity index (χ0v) is 16.9. The Morgan fingerprint density at radius 1 is 1.22 bits per heavy atom. The lowest BCUT2D eigenvalue weighted by Crippen LogP contribution is -2.36. The van der Waals surface area contributed by atoms with Gasteiger partial charge < -0.3 is 19.3 Å². The molecule has 0 amide bonds. The third kappa shape index (κ3) is 7.04. The summed E-state index contributed by atoms with van der Waals surface area (Å²) in [6, 6.07) is 0. The highest BCUT2D eigenvalue weighted by molar-refractivity contribution is 5.14. The van der Waals surface area contributed by atoms with Crippen LogP contribution in [0.25, 0.3) is 0 Å². The smallest absolute Gasteiger partial charge is 0.0813 e. The van der Waals surface area contributed by atoms with Crippen molar-refractivity contribution in [2.45, 2.75) is 76.5 Å². The largest absolute Gasteiger partial charge is 0.393 e. The van der Waals surface area contributed by atoms with Gasteiger partial charge in [0.2, 0.25) is 0 Å². The Kier molecular flexibility index (Phi) is 8.97. The standard InChI is InChI=1S/C23H36O4/c1-6-11-25-12-7-8-20-14-17(3)22(26-20)10-9-21-13-16(2)19(5)23(27-21)15-18(4)24/h6-8,16,18,20-24H,1,3,5,9-15H2,2,4H3/b8-7+/t16?,18?,20-,21?,22?,23+/m0/s1. The van der Waals surface area contributed by atoms with Crippen molar-refractivity contribution < 1.29 is 19.3 Å². The van der Waals surface area contributed by atoms with Crippen LogP contribution in [0.3, 0.4) is 0 Å². The van der Waals surface area contributed by atoms with Gasteiger partial charge in [-0.05, 0) is 43.3 Å². The fourth-order valence-corrected chi connectivity index (χ4v) is 3.84. The maximum Gasteiger partial charge on any atom is 0.0813 e. The van der Waals surface area contributed by atoms with E-state index in [4.69, 9.17) is 14.2 Å². The van der Waals surface area contributed by atoms with E-state index in [1.54, 1.807) is 13.0 Å². The first-order chi connectivity index (χ1) is 12.9. The number of aliphatic hydroxyl groups is 1. The average molecular weight is 377 g/mol. The summed E-state index contributed by atoms with van der Waals surface area (Å²) in [6.45, 7) is 17.1. The van der Waals surface area contributed by atoms with E-state index in [2.05, 4.69) is 32.7 Å². The molecule has 0 saturated carbocycles. The van der Waals surface area contributed by atoms with E-state index in [9.17, 15) is 5.11 Å². The molecular weight excluding hydrogens is 340 g/mol. The summed E-state index contributed by atoms with van der Waals surface area (Å²) >= 11 is 0. The zero-order valence-electron chi connectivity index (χ0n) is 16.9. The van der Waals surface area contributed by atoms with Crippen LogP contribution < -0.4 is 0 Å². The molecule has 0 radical (unpaired) electrons. The number of aliphatic hydroxyl groups excluding tert-OH is 1. The number of rotatable bonds is 10. The second kappa shape index (κ2) is 11.0. The zero-order chi connectivity index (χ0) is 19.8. The molecule has 6 atom stereocenters. The minimum Gasteiger partial charge on any atom is -0.393 e. The van der Waals surface area contributed by atoms with E-state index >= 15 is 0 Å². The van der Waals surface area contributed by atoms with Crippen LogP contribution in [0.2, 0.25) is 0 Å². The van der Waals surface area contributed by atoms with E-state index in [0.29, 0.717) is 25.6 Å². The molecule has 2 saturated heterocycles. The second-order valence-corrected chi connectivity index (χ2v) is 7.90. The third-order valence-electron chi connectivity index (χ3n) is 5.38. The predicted octanol–water partition coefficient (Wildman–Crippen LogP) is 4.36. The predicted molar refractivity (Wildman–Crippen MR) is 110 cm³/mol. The van der Waals surface area contributed by atoms with Gasteiger partial charge in [-0.2, -0.15) is 0 Å². The molecular formula is C23H36O4. The molecule has 2 aliphatic rings. The summed E-state index contributed by atoms with van der Waals surface area (Å²) in [5, 5.41) is 9.71. The van der Waals surface area contributed by atoms with Gasteiger partial charge in [-0.25, -0.2) is 0 Å². The molecule has 0 bridgehead atoms. The highest BCUT2D eigenvalue weighted by Crippen LogP contribution is 2.35. The highest BCUT2D eigenvalue weighted by atomic mass is 16.5. The molecule has 152 valence electrons. The first-order valence-corrected chi connectivity index (χ1v) is 10.1. The molecule has 4 unspecified atom stereocenters. The Balaban J connectivity index is 1.77. The van der Waals surface area contributed by atoms with Gasteiger partial charge in [0.05, 0.1) is 43.7 Å². The van der Waals surface area contributed by atoms with Crippen molar-refractivity contribution in [1.82, 2.24) is 0 Å². The van der Waals surface area contributed by atoms with Crippen LogP contribution >= 0.6 is 0 Å². The van der Waals surface area contributed by atoms with Crippen LogP contribution in [0.4, 0.5) is 0 Å². The van der Waals surface area contributed by atoms with E-state index in [1.807, 2.05) is 6.08 Å². The Labute approximate surface area is 164 Å². The maximum atomic E-state index is 9.71. The topological polar surface area (TPSA) is 47.9 Å². The molecule has 4 nitrogen and oxygen atoms in total. The van der Waals surface area contributed by atoms with E-state index < -0.39 is 0 Å². The van der Waals surface area contributed by atoms with E-state index in [-0.39, 0.29) is 30.5 Å². The lowest BCUT2D eigenvalue weighted by atomic mass is 9.85. The Bertz CT molecular complexity index is 536. The third-order valence-corrected chi connectivity index (χ3v) is 5.38. The number of ether oxygens (including phenoxy) is 3. The molecule has 2 heterocycles. The van der Waals surface area contributed by atoms with Gasteiger partial charge in [-0.3, -0.25) is 0 Å². The summed E-state index contributed by atoms with van der Waals surface area (Å²) in [6.07, 6.45) is 10.1. The van der Waals surface area contributed by atoms with Crippen molar-refractivity contribution in [2.75, 3.05) is 13.2 Å². The summed E-state index contributed by atoms with van der Waals surface area (Å²) in [5.41, 5.74) is 2.27. The van der Waals surface area contributed by atoms with Crippen molar-refractivity contribution in [1.29, 1.82) is 0 Å². The Hall–Kier alpha value is -1.20. The average Bonchev–Trinajstić information content (AvgIpc) is 2.96. The molecule has 27 heavy (non-hydrogen) atoms. The van der Waals surface area contributed by atoms with Gasteiger partial charge in [0, 0.05) is 12.8 Å². The fraction of sp³-hybridized carbons (Fsp3) is 0.652. The highest BCUT2D eigenvalue weighted by Gasteiger charge is 2.33. The molecule has 0 spiro atoms. The molecule has 2 rings (SSSR count). The second-order valence-electron chi connectivity index (χ2n) is 7.90.